The van der Waals surface area contributed by atoms with E-state index in [1.54, 1.807) is 0 Å². The van der Waals surface area contributed by atoms with Crippen molar-refractivity contribution in [2.24, 2.45) is 0 Å². The van der Waals surface area contributed by atoms with Crippen molar-refractivity contribution in [1.29, 1.82) is 0 Å². The SMILES string of the molecule is CC/C=C\C/C=C\C/C=C\C/C=C\CCCCC(=O)OCC(COP(=O)(O)OCC(O)COP(=O)(O)OCC(COC(=O)CCCCCCCCCCCCCCC)OC(=O)CCCCCCCCCCCCC)OC(=O)CCCCCCCCCCCCCCCCC. The van der Waals surface area contributed by atoms with Crippen molar-refractivity contribution in [3.05, 3.63) is 48.6 Å². The van der Waals surface area contributed by atoms with Gasteiger partial charge in [0.15, 0.2) is 12.2 Å². The van der Waals surface area contributed by atoms with Crippen LogP contribution in [0.2, 0.25) is 0 Å². The number of esters is 4. The van der Waals surface area contributed by atoms with E-state index in [1.807, 2.05) is 0 Å². The summed E-state index contributed by atoms with van der Waals surface area (Å²) in [5.74, 6) is -2.18. The van der Waals surface area contributed by atoms with Crippen molar-refractivity contribution >= 4 is 39.5 Å². The lowest BCUT2D eigenvalue weighted by atomic mass is 10.0. The van der Waals surface area contributed by atoms with Gasteiger partial charge in [0.1, 0.15) is 19.3 Å². The zero-order valence-corrected chi connectivity index (χ0v) is 61.7. The van der Waals surface area contributed by atoms with Crippen LogP contribution in [0.4, 0.5) is 0 Å². The van der Waals surface area contributed by atoms with Crippen molar-refractivity contribution in [3.63, 3.8) is 0 Å². The molecule has 0 bridgehead atoms. The monoisotopic (exact) mass is 1370 g/mol. The first-order valence-corrected chi connectivity index (χ1v) is 40.9. The zero-order chi connectivity index (χ0) is 69.0. The summed E-state index contributed by atoms with van der Waals surface area (Å²) in [6.07, 6.45) is 63.9. The fourth-order valence-electron chi connectivity index (χ4n) is 10.6. The first-order valence-electron chi connectivity index (χ1n) is 37.9. The van der Waals surface area contributed by atoms with Crippen LogP contribution in [-0.2, 0) is 65.4 Å². The predicted molar refractivity (Wildman–Crippen MR) is 381 cm³/mol. The van der Waals surface area contributed by atoms with Crippen LogP contribution in [0, 0.1) is 0 Å². The Labute approximate surface area is 572 Å². The summed E-state index contributed by atoms with van der Waals surface area (Å²) >= 11 is 0. The molecule has 0 aliphatic carbocycles. The second-order valence-electron chi connectivity index (χ2n) is 25.6. The Morgan fingerprint density at radius 2 is 0.553 bits per heavy atom. The molecule has 3 N–H and O–H groups in total. The van der Waals surface area contributed by atoms with Gasteiger partial charge in [-0.05, 0) is 64.2 Å². The Balaban J connectivity index is 5.31. The molecule has 19 heteroatoms. The number of carbonyl (C=O) groups is 4. The first kappa shape index (κ1) is 91.0. The Bertz CT molecular complexity index is 1980. The van der Waals surface area contributed by atoms with Gasteiger partial charge in [-0.25, -0.2) is 9.13 Å². The number of hydrogen-bond acceptors (Lipinski definition) is 15. The highest BCUT2D eigenvalue weighted by Crippen LogP contribution is 2.45. The smallest absolute Gasteiger partial charge is 0.462 e. The molecule has 0 aromatic rings. The van der Waals surface area contributed by atoms with Crippen LogP contribution in [0.15, 0.2) is 48.6 Å². The van der Waals surface area contributed by atoms with Gasteiger partial charge in [-0.3, -0.25) is 37.3 Å². The van der Waals surface area contributed by atoms with Crippen molar-refractivity contribution in [3.8, 4) is 0 Å². The molecule has 94 heavy (non-hydrogen) atoms. The van der Waals surface area contributed by atoms with E-state index in [0.29, 0.717) is 25.7 Å². The standard InChI is InChI=1S/C75H138O17P2/c1-5-9-13-17-21-25-29-32-34-37-41-44-48-52-56-60-73(78)86-66-71(92-75(80)62-58-54-50-46-42-38-35-33-30-26-22-18-14-10-6-2)68-90-94(83,84)88-64-69(76)63-87-93(81,82)89-67-70(91-74(79)61-57-53-49-45-39-28-24-20-16-12-8-4)65-85-72(77)59-55-51-47-43-40-36-31-27-23-19-15-11-7-3/h9,13,21,25,32,34,41,44,69-71,76H,5-8,10-12,14-20,22-24,26-31,33,35-40,42-43,45-68H2,1-4H3,(H,81,82)(H,83,84)/b13-9-,25-21-,34-32-,44-41-. The Morgan fingerprint density at radius 1 is 0.309 bits per heavy atom. The number of unbranched alkanes of at least 4 members (excludes halogenated alkanes) is 38. The number of hydrogen-bond donors (Lipinski definition) is 3. The second-order valence-corrected chi connectivity index (χ2v) is 28.5. The number of ether oxygens (including phenoxy) is 4. The number of allylic oxidation sites excluding steroid dienone is 8. The van der Waals surface area contributed by atoms with Gasteiger partial charge in [0.2, 0.25) is 0 Å². The van der Waals surface area contributed by atoms with E-state index >= 15 is 0 Å². The van der Waals surface area contributed by atoms with Gasteiger partial charge >= 0.3 is 39.5 Å². The Kier molecular flexibility index (Phi) is 66.4. The number of rotatable bonds is 72. The predicted octanol–water partition coefficient (Wildman–Crippen LogP) is 21.3. The quantitative estimate of drug-likeness (QED) is 0.0169. The number of phosphoric acid groups is 2. The summed E-state index contributed by atoms with van der Waals surface area (Å²) < 4.78 is 68.4. The van der Waals surface area contributed by atoms with Crippen LogP contribution in [0.5, 0.6) is 0 Å². The molecule has 0 rings (SSSR count). The maximum absolute atomic E-state index is 13.1. The van der Waals surface area contributed by atoms with Crippen molar-refractivity contribution in [2.45, 2.75) is 367 Å². The average Bonchev–Trinajstić information content (AvgIpc) is 1.36. The molecule has 0 saturated heterocycles. The van der Waals surface area contributed by atoms with Gasteiger partial charge < -0.3 is 33.8 Å². The molecule has 5 atom stereocenters. The van der Waals surface area contributed by atoms with Crippen LogP contribution in [0.1, 0.15) is 349 Å². The summed E-state index contributed by atoms with van der Waals surface area (Å²) in [4.78, 5) is 72.7. The zero-order valence-electron chi connectivity index (χ0n) is 59.9. The molecule has 0 radical (unpaired) electrons. The van der Waals surface area contributed by atoms with Crippen LogP contribution in [-0.4, -0.2) is 96.7 Å². The van der Waals surface area contributed by atoms with Gasteiger partial charge in [-0.2, -0.15) is 0 Å². The molecule has 0 aromatic carbocycles. The maximum atomic E-state index is 13.1. The third-order valence-corrected chi connectivity index (χ3v) is 18.2. The molecule has 0 aliphatic heterocycles. The highest BCUT2D eigenvalue weighted by atomic mass is 31.2. The van der Waals surface area contributed by atoms with E-state index in [1.165, 1.54) is 161 Å². The lowest BCUT2D eigenvalue weighted by Crippen LogP contribution is -2.30. The number of carbonyl (C=O) groups excluding carboxylic acids is 4. The lowest BCUT2D eigenvalue weighted by Gasteiger charge is -2.21. The van der Waals surface area contributed by atoms with E-state index in [2.05, 4.69) is 76.3 Å². The first-order chi connectivity index (χ1) is 45.7. The van der Waals surface area contributed by atoms with Gasteiger partial charge in [0, 0.05) is 25.7 Å². The van der Waals surface area contributed by atoms with E-state index in [0.717, 1.165) is 109 Å². The summed E-state index contributed by atoms with van der Waals surface area (Å²) in [6.45, 7) is 4.77. The van der Waals surface area contributed by atoms with E-state index in [-0.39, 0.29) is 25.7 Å². The summed E-state index contributed by atoms with van der Waals surface area (Å²) in [5.41, 5.74) is 0. The van der Waals surface area contributed by atoms with Crippen LogP contribution >= 0.6 is 15.6 Å². The highest BCUT2D eigenvalue weighted by molar-refractivity contribution is 7.47. The molecule has 5 unspecified atom stereocenters. The minimum atomic E-state index is -4.97. The topological polar surface area (TPSA) is 237 Å². The van der Waals surface area contributed by atoms with E-state index in [4.69, 9.17) is 37.0 Å². The fraction of sp³-hybridized carbons (Fsp3) is 0.840. The van der Waals surface area contributed by atoms with Gasteiger partial charge in [-0.15, -0.1) is 0 Å². The van der Waals surface area contributed by atoms with Crippen LogP contribution in [0.3, 0.4) is 0 Å². The Morgan fingerprint density at radius 3 is 0.851 bits per heavy atom. The minimum Gasteiger partial charge on any atom is -0.462 e. The average molecular weight is 1370 g/mol. The fourth-order valence-corrected chi connectivity index (χ4v) is 12.1. The maximum Gasteiger partial charge on any atom is 0.472 e. The molecule has 0 aromatic heterocycles. The number of aliphatic hydroxyl groups excluding tert-OH is 1. The lowest BCUT2D eigenvalue weighted by molar-refractivity contribution is -0.161. The van der Waals surface area contributed by atoms with E-state index < -0.39 is 97.5 Å². The number of aliphatic hydroxyl groups is 1. The second kappa shape index (κ2) is 68.5. The van der Waals surface area contributed by atoms with Gasteiger partial charge in [0.25, 0.3) is 0 Å². The third kappa shape index (κ3) is 67.6. The van der Waals surface area contributed by atoms with Gasteiger partial charge in [0.05, 0.1) is 26.4 Å². The molecular formula is C75H138O17P2. The molecule has 0 saturated carbocycles. The van der Waals surface area contributed by atoms with E-state index in [9.17, 15) is 43.2 Å². The van der Waals surface area contributed by atoms with Crippen molar-refractivity contribution < 1.29 is 80.2 Å². The Hall–Kier alpha value is -2.98. The molecule has 550 valence electrons. The molecule has 0 aliphatic rings. The molecule has 0 amide bonds. The molecule has 17 nitrogen and oxygen atoms in total. The molecule has 0 fully saturated rings. The van der Waals surface area contributed by atoms with Crippen LogP contribution in [0.25, 0.3) is 0 Å². The van der Waals surface area contributed by atoms with Crippen LogP contribution < -0.4 is 0 Å². The summed E-state index contributed by atoms with van der Waals surface area (Å²) in [6, 6.07) is 0. The largest absolute Gasteiger partial charge is 0.472 e. The molecule has 0 spiro atoms. The number of phosphoric ester groups is 2. The summed E-state index contributed by atoms with van der Waals surface area (Å²) in [5, 5.41) is 10.6. The molecule has 0 heterocycles. The minimum absolute atomic E-state index is 0.0935. The van der Waals surface area contributed by atoms with Gasteiger partial charge in [-0.1, -0.05) is 307 Å². The van der Waals surface area contributed by atoms with Crippen molar-refractivity contribution in [1.82, 2.24) is 0 Å². The van der Waals surface area contributed by atoms with Crippen molar-refractivity contribution in [2.75, 3.05) is 39.6 Å². The highest BCUT2D eigenvalue weighted by Gasteiger charge is 2.30. The summed E-state index contributed by atoms with van der Waals surface area (Å²) in [7, 11) is -9.93. The normalized spacial score (nSPS) is 14.2. The third-order valence-electron chi connectivity index (χ3n) is 16.3. The molecular weight excluding hydrogens is 1230 g/mol.